The molecule has 0 aliphatic heterocycles. The fourth-order valence-corrected chi connectivity index (χ4v) is 2.91. The maximum absolute atomic E-state index is 12.2. The first-order valence-corrected chi connectivity index (χ1v) is 8.31. The molecule has 1 aromatic rings. The van der Waals surface area contributed by atoms with Crippen molar-refractivity contribution in [3.05, 3.63) is 31.8 Å². The van der Waals surface area contributed by atoms with E-state index < -0.39 is 0 Å². The third kappa shape index (κ3) is 4.16. The Balaban J connectivity index is 1.91. The third-order valence-electron chi connectivity index (χ3n) is 3.55. The summed E-state index contributed by atoms with van der Waals surface area (Å²) in [6.07, 6.45) is 2.58. The van der Waals surface area contributed by atoms with E-state index in [-0.39, 0.29) is 5.91 Å². The molecule has 0 saturated heterocycles. The van der Waals surface area contributed by atoms with Crippen LogP contribution in [0.4, 0.5) is 0 Å². The molecule has 0 spiro atoms. The number of carbonyl (C=O) groups excluding carboxylic acids is 1. The number of benzene rings is 1. The summed E-state index contributed by atoms with van der Waals surface area (Å²) in [5, 5.41) is 3.02. The average molecular weight is 437 g/mol. The van der Waals surface area contributed by atoms with Crippen molar-refractivity contribution in [3.63, 3.8) is 0 Å². The number of likely N-dealkylation sites (N-methyl/N-ethyl adjacent to an activating group) is 1. The van der Waals surface area contributed by atoms with Crippen molar-refractivity contribution in [2.45, 2.75) is 31.8 Å². The molecular formula is C14H18BrIN2O. The Morgan fingerprint density at radius 1 is 1.58 bits per heavy atom. The number of nitrogens with one attached hydrogen (secondary N) is 1. The first-order valence-electron chi connectivity index (χ1n) is 6.44. The third-order valence-corrected chi connectivity index (χ3v) is 4.91. The molecule has 3 nitrogen and oxygen atoms in total. The van der Waals surface area contributed by atoms with Crippen LogP contribution in [0.15, 0.2) is 22.7 Å². The topological polar surface area (TPSA) is 32.3 Å². The van der Waals surface area contributed by atoms with Gasteiger partial charge in [-0.15, -0.1) is 0 Å². The van der Waals surface area contributed by atoms with E-state index in [9.17, 15) is 4.79 Å². The predicted molar refractivity (Wildman–Crippen MR) is 89.4 cm³/mol. The quantitative estimate of drug-likeness (QED) is 0.718. The average Bonchev–Trinajstić information content (AvgIpc) is 3.21. The van der Waals surface area contributed by atoms with Crippen LogP contribution in [0.2, 0.25) is 0 Å². The van der Waals surface area contributed by atoms with E-state index in [4.69, 9.17) is 0 Å². The molecule has 1 aliphatic carbocycles. The van der Waals surface area contributed by atoms with Crippen LogP contribution in [-0.4, -0.2) is 36.5 Å². The van der Waals surface area contributed by atoms with Crippen LogP contribution < -0.4 is 5.32 Å². The highest BCUT2D eigenvalue weighted by atomic mass is 127. The van der Waals surface area contributed by atoms with Gasteiger partial charge < -0.3 is 5.32 Å². The van der Waals surface area contributed by atoms with E-state index in [0.29, 0.717) is 18.2 Å². The summed E-state index contributed by atoms with van der Waals surface area (Å²) in [7, 11) is 2.13. The zero-order chi connectivity index (χ0) is 14.0. The Labute approximate surface area is 136 Å². The predicted octanol–water partition coefficient (Wildman–Crippen LogP) is 3.27. The molecule has 1 amide bonds. The van der Waals surface area contributed by atoms with Gasteiger partial charge in [0.25, 0.3) is 5.91 Å². The standard InChI is InChI=1S/C14H18BrIN2O/c1-9(18(2)11-4-5-11)8-17-14(19)12-7-10(16)3-6-13(12)15/h3,6-7,9,11H,4-5,8H2,1-2H3,(H,17,19). The fourth-order valence-electron chi connectivity index (χ4n) is 1.99. The highest BCUT2D eigenvalue weighted by Gasteiger charge is 2.29. The summed E-state index contributed by atoms with van der Waals surface area (Å²) in [6.45, 7) is 2.84. The Morgan fingerprint density at radius 2 is 2.26 bits per heavy atom. The Kier molecular flexibility index (Phi) is 5.25. The van der Waals surface area contributed by atoms with E-state index >= 15 is 0 Å². The molecule has 5 heteroatoms. The highest BCUT2D eigenvalue weighted by molar-refractivity contribution is 14.1. The number of hydrogen-bond acceptors (Lipinski definition) is 2. The minimum atomic E-state index is -0.0126. The van der Waals surface area contributed by atoms with Crippen LogP contribution in [-0.2, 0) is 0 Å². The second-order valence-corrected chi connectivity index (χ2v) is 7.18. The summed E-state index contributed by atoms with van der Waals surface area (Å²) < 4.78 is 1.91. The van der Waals surface area contributed by atoms with Crippen molar-refractivity contribution in [3.8, 4) is 0 Å². The molecule has 19 heavy (non-hydrogen) atoms. The Hall–Kier alpha value is -0.140. The molecule has 2 rings (SSSR count). The van der Waals surface area contributed by atoms with Gasteiger partial charge in [0, 0.05) is 26.7 Å². The second-order valence-electron chi connectivity index (χ2n) is 5.08. The number of halogens is 2. The molecule has 1 saturated carbocycles. The van der Waals surface area contributed by atoms with Gasteiger partial charge in [0.05, 0.1) is 5.56 Å². The van der Waals surface area contributed by atoms with Crippen molar-refractivity contribution in [1.82, 2.24) is 10.2 Å². The maximum atomic E-state index is 12.2. The van der Waals surface area contributed by atoms with Crippen LogP contribution in [0.3, 0.4) is 0 Å². The van der Waals surface area contributed by atoms with Gasteiger partial charge in [0.1, 0.15) is 0 Å². The molecular weight excluding hydrogens is 419 g/mol. The van der Waals surface area contributed by atoms with Gasteiger partial charge in [-0.1, -0.05) is 0 Å². The van der Waals surface area contributed by atoms with E-state index in [1.165, 1.54) is 12.8 Å². The van der Waals surface area contributed by atoms with E-state index in [0.717, 1.165) is 14.1 Å². The molecule has 0 aromatic heterocycles. The molecule has 104 valence electrons. The van der Waals surface area contributed by atoms with E-state index in [2.05, 4.69) is 62.7 Å². The zero-order valence-corrected chi connectivity index (χ0v) is 14.9. The molecule has 1 atom stereocenters. The van der Waals surface area contributed by atoms with Crippen molar-refractivity contribution in [2.75, 3.05) is 13.6 Å². The van der Waals surface area contributed by atoms with Crippen LogP contribution in [0, 0.1) is 3.57 Å². The van der Waals surface area contributed by atoms with Gasteiger partial charge in [-0.25, -0.2) is 0 Å². The minimum Gasteiger partial charge on any atom is -0.350 e. The van der Waals surface area contributed by atoms with E-state index in [1.807, 2.05) is 18.2 Å². The van der Waals surface area contributed by atoms with Gasteiger partial charge >= 0.3 is 0 Å². The molecule has 1 fully saturated rings. The number of rotatable bonds is 5. The van der Waals surface area contributed by atoms with Crippen LogP contribution >= 0.6 is 38.5 Å². The molecule has 0 bridgehead atoms. The summed E-state index contributed by atoms with van der Waals surface area (Å²) in [5.74, 6) is -0.0126. The number of amides is 1. The summed E-state index contributed by atoms with van der Waals surface area (Å²) in [5.41, 5.74) is 0.702. The summed E-state index contributed by atoms with van der Waals surface area (Å²) in [4.78, 5) is 14.5. The second kappa shape index (κ2) is 6.54. The molecule has 1 aromatic carbocycles. The molecule has 1 aliphatic rings. The molecule has 0 radical (unpaired) electrons. The molecule has 0 heterocycles. The van der Waals surface area contributed by atoms with Gasteiger partial charge in [0.2, 0.25) is 0 Å². The zero-order valence-electron chi connectivity index (χ0n) is 11.1. The molecule has 1 unspecified atom stereocenters. The number of carbonyl (C=O) groups is 1. The van der Waals surface area contributed by atoms with E-state index in [1.54, 1.807) is 0 Å². The lowest BCUT2D eigenvalue weighted by Crippen LogP contribution is -2.41. The van der Waals surface area contributed by atoms with Gasteiger partial charge in [0.15, 0.2) is 0 Å². The van der Waals surface area contributed by atoms with Crippen LogP contribution in [0.5, 0.6) is 0 Å². The summed E-state index contributed by atoms with van der Waals surface area (Å²) in [6, 6.07) is 6.88. The fraction of sp³-hybridized carbons (Fsp3) is 0.500. The summed E-state index contributed by atoms with van der Waals surface area (Å²) >= 11 is 5.64. The van der Waals surface area contributed by atoms with Gasteiger partial charge in [-0.2, -0.15) is 0 Å². The number of hydrogen-bond donors (Lipinski definition) is 1. The van der Waals surface area contributed by atoms with Crippen molar-refractivity contribution >= 4 is 44.4 Å². The SMILES string of the molecule is CC(CNC(=O)c1cc(I)ccc1Br)N(C)C1CC1. The van der Waals surface area contributed by atoms with Crippen molar-refractivity contribution in [2.24, 2.45) is 0 Å². The smallest absolute Gasteiger partial charge is 0.252 e. The lowest BCUT2D eigenvalue weighted by atomic mass is 10.2. The number of nitrogens with zero attached hydrogens (tertiary/aromatic N) is 1. The lowest BCUT2D eigenvalue weighted by Gasteiger charge is -2.24. The lowest BCUT2D eigenvalue weighted by molar-refractivity contribution is 0.0938. The first kappa shape index (κ1) is 15.3. The largest absolute Gasteiger partial charge is 0.350 e. The van der Waals surface area contributed by atoms with Crippen LogP contribution in [0.1, 0.15) is 30.1 Å². The minimum absolute atomic E-state index is 0.0126. The maximum Gasteiger partial charge on any atom is 0.252 e. The van der Waals surface area contributed by atoms with Gasteiger partial charge in [-0.05, 0) is 83.5 Å². The monoisotopic (exact) mass is 436 g/mol. The van der Waals surface area contributed by atoms with Gasteiger partial charge in [-0.3, -0.25) is 9.69 Å². The van der Waals surface area contributed by atoms with Crippen molar-refractivity contribution in [1.29, 1.82) is 0 Å². The Morgan fingerprint density at radius 3 is 2.89 bits per heavy atom. The normalized spacial score (nSPS) is 16.5. The Bertz CT molecular complexity index is 477. The first-order chi connectivity index (χ1) is 8.99. The van der Waals surface area contributed by atoms with Crippen LogP contribution in [0.25, 0.3) is 0 Å². The molecule has 1 N–H and O–H groups in total. The highest BCUT2D eigenvalue weighted by Crippen LogP contribution is 2.26. The van der Waals surface area contributed by atoms with Crippen molar-refractivity contribution < 1.29 is 4.79 Å².